The van der Waals surface area contributed by atoms with Gasteiger partial charge >= 0.3 is 0 Å². The quantitative estimate of drug-likeness (QED) is 0.762. The van der Waals surface area contributed by atoms with Crippen LogP contribution < -0.4 is 14.8 Å². The van der Waals surface area contributed by atoms with E-state index in [2.05, 4.69) is 23.9 Å². The van der Waals surface area contributed by atoms with Crippen LogP contribution in [0.5, 0.6) is 5.75 Å². The average molecular weight is 340 g/mol. The topological polar surface area (TPSA) is 67.4 Å². The Morgan fingerprint density at radius 2 is 2.04 bits per heavy atom. The van der Waals surface area contributed by atoms with Gasteiger partial charge in [-0.3, -0.25) is 0 Å². The third-order valence-electron chi connectivity index (χ3n) is 4.06. The van der Waals surface area contributed by atoms with Gasteiger partial charge in [0.05, 0.1) is 11.5 Å². The van der Waals surface area contributed by atoms with E-state index in [1.54, 1.807) is 24.3 Å². The summed E-state index contributed by atoms with van der Waals surface area (Å²) >= 11 is 0. The van der Waals surface area contributed by atoms with Gasteiger partial charge in [-0.1, -0.05) is 13.8 Å². The maximum atomic E-state index is 12.3. The predicted octanol–water partition coefficient (Wildman–Crippen LogP) is 2.39. The summed E-state index contributed by atoms with van der Waals surface area (Å²) in [6, 6.07) is 6.65. The number of hydrogen-bond donors (Lipinski definition) is 2. The predicted molar refractivity (Wildman–Crippen MR) is 92.2 cm³/mol. The van der Waals surface area contributed by atoms with E-state index in [-0.39, 0.29) is 4.90 Å². The molecule has 0 aromatic heterocycles. The third kappa shape index (κ3) is 6.12. The molecule has 0 amide bonds. The van der Waals surface area contributed by atoms with Gasteiger partial charge in [-0.05, 0) is 68.5 Å². The van der Waals surface area contributed by atoms with Crippen molar-refractivity contribution in [1.82, 2.24) is 10.0 Å². The van der Waals surface area contributed by atoms with Crippen LogP contribution in [-0.2, 0) is 10.0 Å². The number of benzene rings is 1. The molecule has 1 atom stereocenters. The van der Waals surface area contributed by atoms with Gasteiger partial charge in [0.1, 0.15) is 5.75 Å². The number of sulfonamides is 1. The Hall–Kier alpha value is -1.11. The molecular weight excluding hydrogens is 312 g/mol. The molecule has 1 fully saturated rings. The lowest BCUT2D eigenvalue weighted by atomic mass is 10.0. The highest BCUT2D eigenvalue weighted by atomic mass is 32.2. The van der Waals surface area contributed by atoms with Crippen molar-refractivity contribution in [2.24, 2.45) is 11.8 Å². The van der Waals surface area contributed by atoms with Crippen LogP contribution in [0.1, 0.15) is 33.1 Å². The molecule has 5 nitrogen and oxygen atoms in total. The molecule has 2 rings (SSSR count). The van der Waals surface area contributed by atoms with Crippen LogP contribution >= 0.6 is 0 Å². The van der Waals surface area contributed by atoms with Crippen molar-refractivity contribution in [2.75, 3.05) is 26.2 Å². The number of ether oxygens (including phenoxy) is 1. The summed E-state index contributed by atoms with van der Waals surface area (Å²) in [6.07, 6.45) is 3.16. The average Bonchev–Trinajstić information content (AvgIpc) is 2.54. The third-order valence-corrected chi connectivity index (χ3v) is 5.50. The summed E-state index contributed by atoms with van der Waals surface area (Å²) in [5.41, 5.74) is 0. The highest BCUT2D eigenvalue weighted by Gasteiger charge is 2.18. The molecule has 2 N–H and O–H groups in total. The van der Waals surface area contributed by atoms with Crippen LogP contribution in [0.2, 0.25) is 0 Å². The van der Waals surface area contributed by atoms with Crippen molar-refractivity contribution in [3.8, 4) is 5.75 Å². The van der Waals surface area contributed by atoms with Gasteiger partial charge in [-0.15, -0.1) is 0 Å². The summed E-state index contributed by atoms with van der Waals surface area (Å²) in [4.78, 5) is 0.289. The first-order chi connectivity index (χ1) is 11.0. The molecule has 6 heteroatoms. The Morgan fingerprint density at radius 1 is 1.30 bits per heavy atom. The summed E-state index contributed by atoms with van der Waals surface area (Å²) in [5, 5.41) is 3.29. The van der Waals surface area contributed by atoms with Gasteiger partial charge in [0.15, 0.2) is 0 Å². The van der Waals surface area contributed by atoms with Crippen molar-refractivity contribution >= 4 is 10.0 Å². The largest absolute Gasteiger partial charge is 0.494 e. The van der Waals surface area contributed by atoms with Gasteiger partial charge in [0.25, 0.3) is 0 Å². The van der Waals surface area contributed by atoms with E-state index in [0.29, 0.717) is 30.7 Å². The highest BCUT2D eigenvalue weighted by Crippen LogP contribution is 2.17. The van der Waals surface area contributed by atoms with Crippen molar-refractivity contribution in [2.45, 2.75) is 38.0 Å². The normalized spacial score (nSPS) is 19.0. The summed E-state index contributed by atoms with van der Waals surface area (Å²) in [6.45, 7) is 7.34. The minimum atomic E-state index is -3.44. The number of rotatable bonds is 8. The zero-order valence-corrected chi connectivity index (χ0v) is 14.9. The monoisotopic (exact) mass is 340 g/mol. The lowest BCUT2D eigenvalue weighted by Crippen LogP contribution is -2.38. The maximum absolute atomic E-state index is 12.3. The SMILES string of the molecule is CC(C)CCOc1ccc(S(=O)(=O)NCC2CCCNC2)cc1. The highest BCUT2D eigenvalue weighted by molar-refractivity contribution is 7.89. The molecule has 0 saturated carbocycles. The molecule has 0 bridgehead atoms. The van der Waals surface area contributed by atoms with Crippen LogP contribution in [0.25, 0.3) is 0 Å². The molecule has 1 aliphatic heterocycles. The fraction of sp³-hybridized carbons (Fsp3) is 0.647. The van der Waals surface area contributed by atoms with E-state index in [4.69, 9.17) is 4.74 Å². The molecule has 1 aromatic rings. The van der Waals surface area contributed by atoms with E-state index < -0.39 is 10.0 Å². The first-order valence-electron chi connectivity index (χ1n) is 8.40. The van der Waals surface area contributed by atoms with Crippen LogP contribution in [0.3, 0.4) is 0 Å². The first-order valence-corrected chi connectivity index (χ1v) is 9.89. The van der Waals surface area contributed by atoms with Gasteiger partial charge in [0.2, 0.25) is 10.0 Å². The van der Waals surface area contributed by atoms with Crippen molar-refractivity contribution in [1.29, 1.82) is 0 Å². The molecule has 1 unspecified atom stereocenters. The minimum Gasteiger partial charge on any atom is -0.494 e. The molecular formula is C17H28N2O3S. The van der Waals surface area contributed by atoms with Gasteiger partial charge in [-0.25, -0.2) is 13.1 Å². The van der Waals surface area contributed by atoms with E-state index in [0.717, 1.165) is 32.4 Å². The fourth-order valence-electron chi connectivity index (χ4n) is 2.54. The second-order valence-corrected chi connectivity index (χ2v) is 8.33. The van der Waals surface area contributed by atoms with Crippen LogP contribution in [0.4, 0.5) is 0 Å². The van der Waals surface area contributed by atoms with E-state index in [9.17, 15) is 8.42 Å². The second kappa shape index (κ2) is 8.66. The molecule has 1 heterocycles. The molecule has 0 aliphatic carbocycles. The fourth-order valence-corrected chi connectivity index (χ4v) is 3.65. The van der Waals surface area contributed by atoms with Crippen molar-refractivity contribution < 1.29 is 13.2 Å². The van der Waals surface area contributed by atoms with E-state index >= 15 is 0 Å². The Morgan fingerprint density at radius 3 is 2.65 bits per heavy atom. The zero-order chi connectivity index (χ0) is 16.7. The Bertz CT molecular complexity index is 564. The Kier molecular flexibility index (Phi) is 6.87. The maximum Gasteiger partial charge on any atom is 0.240 e. The Balaban J connectivity index is 1.86. The van der Waals surface area contributed by atoms with Crippen molar-refractivity contribution in [3.05, 3.63) is 24.3 Å². The van der Waals surface area contributed by atoms with Gasteiger partial charge in [0, 0.05) is 6.54 Å². The molecule has 0 spiro atoms. The molecule has 1 saturated heterocycles. The molecule has 130 valence electrons. The molecule has 23 heavy (non-hydrogen) atoms. The summed E-state index contributed by atoms with van der Waals surface area (Å²) < 4.78 is 33.0. The Labute approximate surface area is 139 Å². The van der Waals surface area contributed by atoms with E-state index in [1.165, 1.54) is 0 Å². The minimum absolute atomic E-state index is 0.289. The van der Waals surface area contributed by atoms with Crippen LogP contribution in [-0.4, -0.2) is 34.7 Å². The van der Waals surface area contributed by atoms with Crippen LogP contribution in [0, 0.1) is 11.8 Å². The van der Waals surface area contributed by atoms with E-state index in [1.807, 2.05) is 0 Å². The first kappa shape index (κ1) is 18.2. The number of piperidine rings is 1. The molecule has 0 radical (unpaired) electrons. The van der Waals surface area contributed by atoms with Crippen LogP contribution in [0.15, 0.2) is 29.2 Å². The lowest BCUT2D eigenvalue weighted by molar-refractivity contribution is 0.289. The van der Waals surface area contributed by atoms with Crippen molar-refractivity contribution in [3.63, 3.8) is 0 Å². The molecule has 1 aromatic carbocycles. The number of nitrogens with one attached hydrogen (secondary N) is 2. The van der Waals surface area contributed by atoms with Gasteiger partial charge < -0.3 is 10.1 Å². The molecule has 1 aliphatic rings. The summed E-state index contributed by atoms with van der Waals surface area (Å²) in [7, 11) is -3.44. The second-order valence-electron chi connectivity index (χ2n) is 6.57. The smallest absolute Gasteiger partial charge is 0.240 e. The zero-order valence-electron chi connectivity index (χ0n) is 14.0. The number of hydrogen-bond acceptors (Lipinski definition) is 4. The summed E-state index contributed by atoms with van der Waals surface area (Å²) in [5.74, 6) is 1.67. The standard InChI is InChI=1S/C17H28N2O3S/c1-14(2)9-11-22-16-5-7-17(8-6-16)23(20,21)19-13-15-4-3-10-18-12-15/h5-8,14-15,18-19H,3-4,9-13H2,1-2H3. The van der Waals surface area contributed by atoms with Gasteiger partial charge in [-0.2, -0.15) is 0 Å². The lowest BCUT2D eigenvalue weighted by Gasteiger charge is -2.22.